The van der Waals surface area contributed by atoms with E-state index >= 15 is 0 Å². The van der Waals surface area contributed by atoms with Crippen LogP contribution in [0.2, 0.25) is 0 Å². The maximum absolute atomic E-state index is 5.28. The molecule has 0 aliphatic rings. The molecule has 0 saturated heterocycles. The Balaban J connectivity index is 1.69. The lowest BCUT2D eigenvalue weighted by Gasteiger charge is -2.14. The molecule has 0 aliphatic carbocycles. The average Bonchev–Trinajstić information content (AvgIpc) is 3.17. The van der Waals surface area contributed by atoms with Crippen molar-refractivity contribution in [1.29, 1.82) is 0 Å². The summed E-state index contributed by atoms with van der Waals surface area (Å²) in [5.74, 6) is 1.74. The first-order valence-electron chi connectivity index (χ1n) is 7.76. The SMILES string of the molecule is COc1cccc(-c2ncc(CN(C)Cc3c(C)noc3C)s2)c1. The van der Waals surface area contributed by atoms with Gasteiger partial charge in [-0.2, -0.15) is 0 Å². The monoisotopic (exact) mass is 343 g/mol. The van der Waals surface area contributed by atoms with Crippen molar-refractivity contribution in [2.75, 3.05) is 14.2 Å². The third-order valence-corrected chi connectivity index (χ3v) is 4.94. The van der Waals surface area contributed by atoms with Crippen LogP contribution in [0.4, 0.5) is 0 Å². The van der Waals surface area contributed by atoms with Crippen LogP contribution in [0.1, 0.15) is 21.9 Å². The van der Waals surface area contributed by atoms with E-state index in [9.17, 15) is 0 Å². The molecule has 0 unspecified atom stereocenters. The Kier molecular flexibility index (Phi) is 4.97. The molecule has 1 aromatic carbocycles. The molecule has 0 atom stereocenters. The molecule has 0 radical (unpaired) electrons. The number of nitrogens with zero attached hydrogens (tertiary/aromatic N) is 3. The lowest BCUT2D eigenvalue weighted by atomic mass is 10.2. The van der Waals surface area contributed by atoms with E-state index in [1.165, 1.54) is 4.88 Å². The van der Waals surface area contributed by atoms with Crippen molar-refractivity contribution < 1.29 is 9.26 Å². The van der Waals surface area contributed by atoms with Crippen LogP contribution in [0.3, 0.4) is 0 Å². The Bertz CT molecular complexity index is 806. The highest BCUT2D eigenvalue weighted by Gasteiger charge is 2.13. The van der Waals surface area contributed by atoms with Crippen LogP contribution in [-0.4, -0.2) is 29.2 Å². The molecule has 6 heteroatoms. The zero-order chi connectivity index (χ0) is 17.1. The highest BCUT2D eigenvalue weighted by atomic mass is 32.1. The smallest absolute Gasteiger partial charge is 0.138 e. The standard InChI is InChI=1S/C18H21N3O2S/c1-12-17(13(2)23-20-12)11-21(3)10-16-9-19-18(24-16)14-6-5-7-15(8-14)22-4/h5-9H,10-11H2,1-4H3. The predicted octanol–water partition coefficient (Wildman–Crippen LogP) is 4.06. The van der Waals surface area contributed by atoms with Crippen LogP contribution >= 0.6 is 11.3 Å². The average molecular weight is 343 g/mol. The van der Waals surface area contributed by atoms with Gasteiger partial charge in [0.2, 0.25) is 0 Å². The molecule has 3 aromatic rings. The van der Waals surface area contributed by atoms with Crippen LogP contribution in [0.15, 0.2) is 35.0 Å². The van der Waals surface area contributed by atoms with Gasteiger partial charge in [-0.15, -0.1) is 11.3 Å². The van der Waals surface area contributed by atoms with E-state index in [1.54, 1.807) is 18.4 Å². The maximum Gasteiger partial charge on any atom is 0.138 e. The topological polar surface area (TPSA) is 51.4 Å². The minimum atomic E-state index is 0.813. The van der Waals surface area contributed by atoms with Gasteiger partial charge in [-0.05, 0) is 33.0 Å². The zero-order valence-corrected chi connectivity index (χ0v) is 15.2. The van der Waals surface area contributed by atoms with Gasteiger partial charge in [-0.1, -0.05) is 17.3 Å². The highest BCUT2D eigenvalue weighted by molar-refractivity contribution is 7.15. The quantitative estimate of drug-likeness (QED) is 0.676. The lowest BCUT2D eigenvalue weighted by molar-refractivity contribution is 0.317. The fraction of sp³-hybridized carbons (Fsp3) is 0.333. The molecule has 0 fully saturated rings. The number of thiazole rings is 1. The molecule has 0 aliphatic heterocycles. The summed E-state index contributed by atoms with van der Waals surface area (Å²) in [6.45, 7) is 5.59. The van der Waals surface area contributed by atoms with Crippen molar-refractivity contribution in [1.82, 2.24) is 15.0 Å². The van der Waals surface area contributed by atoms with E-state index in [0.29, 0.717) is 0 Å². The molecule has 3 rings (SSSR count). The van der Waals surface area contributed by atoms with Crippen molar-refractivity contribution in [3.8, 4) is 16.3 Å². The lowest BCUT2D eigenvalue weighted by Crippen LogP contribution is -2.17. The summed E-state index contributed by atoms with van der Waals surface area (Å²) in [6, 6.07) is 7.99. The van der Waals surface area contributed by atoms with Crippen molar-refractivity contribution in [3.05, 3.63) is 52.4 Å². The van der Waals surface area contributed by atoms with E-state index in [0.717, 1.165) is 46.4 Å². The minimum Gasteiger partial charge on any atom is -0.497 e. The van der Waals surface area contributed by atoms with Gasteiger partial charge in [0.15, 0.2) is 0 Å². The van der Waals surface area contributed by atoms with Gasteiger partial charge in [-0.3, -0.25) is 4.90 Å². The van der Waals surface area contributed by atoms with Gasteiger partial charge < -0.3 is 9.26 Å². The second-order valence-electron chi connectivity index (χ2n) is 5.84. The molecule has 2 heterocycles. The summed E-state index contributed by atoms with van der Waals surface area (Å²) in [5.41, 5.74) is 3.20. The van der Waals surface area contributed by atoms with Crippen molar-refractivity contribution in [2.24, 2.45) is 0 Å². The van der Waals surface area contributed by atoms with Gasteiger partial charge in [0.05, 0.1) is 12.8 Å². The maximum atomic E-state index is 5.28. The number of hydrogen-bond acceptors (Lipinski definition) is 6. The number of hydrogen-bond donors (Lipinski definition) is 0. The Morgan fingerprint density at radius 1 is 1.25 bits per heavy atom. The molecule has 2 aromatic heterocycles. The molecular formula is C18H21N3O2S. The summed E-state index contributed by atoms with van der Waals surface area (Å²) < 4.78 is 10.5. The largest absolute Gasteiger partial charge is 0.497 e. The minimum absolute atomic E-state index is 0.813. The van der Waals surface area contributed by atoms with Gasteiger partial charge in [0, 0.05) is 35.3 Å². The van der Waals surface area contributed by atoms with E-state index in [2.05, 4.69) is 28.2 Å². The Labute approximate surface area is 145 Å². The van der Waals surface area contributed by atoms with Crippen LogP contribution in [0.5, 0.6) is 5.75 Å². The molecule has 0 bridgehead atoms. The number of aromatic nitrogens is 2. The van der Waals surface area contributed by atoms with Crippen LogP contribution < -0.4 is 4.74 Å². The molecule has 126 valence electrons. The van der Waals surface area contributed by atoms with E-state index in [-0.39, 0.29) is 0 Å². The number of ether oxygens (including phenoxy) is 1. The first kappa shape index (κ1) is 16.7. The summed E-state index contributed by atoms with van der Waals surface area (Å²) in [7, 11) is 3.77. The number of benzene rings is 1. The second-order valence-corrected chi connectivity index (χ2v) is 6.95. The Morgan fingerprint density at radius 3 is 2.79 bits per heavy atom. The normalized spacial score (nSPS) is 11.2. The van der Waals surface area contributed by atoms with E-state index < -0.39 is 0 Å². The summed E-state index contributed by atoms with van der Waals surface area (Å²) in [5, 5.41) is 5.02. The molecule has 0 amide bonds. The molecule has 0 saturated carbocycles. The fourth-order valence-electron chi connectivity index (χ4n) is 2.59. The van der Waals surface area contributed by atoms with Crippen molar-refractivity contribution in [3.63, 3.8) is 0 Å². The molecule has 0 spiro atoms. The summed E-state index contributed by atoms with van der Waals surface area (Å²) in [6.07, 6.45) is 1.95. The highest BCUT2D eigenvalue weighted by Crippen LogP contribution is 2.28. The predicted molar refractivity (Wildman–Crippen MR) is 95.3 cm³/mol. The van der Waals surface area contributed by atoms with Gasteiger partial charge >= 0.3 is 0 Å². The van der Waals surface area contributed by atoms with Crippen molar-refractivity contribution >= 4 is 11.3 Å². The van der Waals surface area contributed by atoms with E-state index in [1.807, 2.05) is 38.2 Å². The van der Waals surface area contributed by atoms with Gasteiger partial charge in [0.1, 0.15) is 16.5 Å². The third-order valence-electron chi connectivity index (χ3n) is 3.91. The van der Waals surface area contributed by atoms with Gasteiger partial charge in [0.25, 0.3) is 0 Å². The second kappa shape index (κ2) is 7.15. The Morgan fingerprint density at radius 2 is 2.08 bits per heavy atom. The van der Waals surface area contributed by atoms with E-state index in [4.69, 9.17) is 9.26 Å². The molecule has 0 N–H and O–H groups in total. The zero-order valence-electron chi connectivity index (χ0n) is 14.4. The number of rotatable bonds is 6. The van der Waals surface area contributed by atoms with Crippen LogP contribution in [0, 0.1) is 13.8 Å². The van der Waals surface area contributed by atoms with Crippen molar-refractivity contribution in [2.45, 2.75) is 26.9 Å². The van der Waals surface area contributed by atoms with Crippen LogP contribution in [0.25, 0.3) is 10.6 Å². The Hall–Kier alpha value is -2.18. The molecular weight excluding hydrogens is 322 g/mol. The van der Waals surface area contributed by atoms with Gasteiger partial charge in [-0.25, -0.2) is 4.98 Å². The first-order valence-corrected chi connectivity index (χ1v) is 8.58. The molecule has 5 nitrogen and oxygen atoms in total. The fourth-order valence-corrected chi connectivity index (χ4v) is 3.58. The third kappa shape index (κ3) is 3.66. The number of methoxy groups -OCH3 is 1. The number of aryl methyl sites for hydroxylation is 2. The summed E-state index contributed by atoms with van der Waals surface area (Å²) >= 11 is 1.71. The van der Waals surface area contributed by atoms with Crippen LogP contribution in [-0.2, 0) is 13.1 Å². The first-order chi connectivity index (χ1) is 11.6. The summed E-state index contributed by atoms with van der Waals surface area (Å²) in [4.78, 5) is 8.02. The molecule has 24 heavy (non-hydrogen) atoms.